The Morgan fingerprint density at radius 3 is 2.91 bits per heavy atom. The van der Waals surface area contributed by atoms with Gasteiger partial charge < -0.3 is 25.3 Å². The van der Waals surface area contributed by atoms with Crippen LogP contribution >= 0.6 is 0 Å². The Kier molecular flexibility index (Phi) is 3.26. The number of H-pyrrole nitrogens is 1. The minimum Gasteiger partial charge on any atom is -0.872 e. The number of rotatable bonds is 3. The number of nitrogens with one attached hydrogen (secondary N) is 1. The summed E-state index contributed by atoms with van der Waals surface area (Å²) < 4.78 is 0. The van der Waals surface area contributed by atoms with Crippen LogP contribution in [0.5, 0.6) is 5.75 Å². The third-order valence-corrected chi connectivity index (χ3v) is 3.74. The molecule has 22 heavy (non-hydrogen) atoms. The number of carbonyl (C=O) groups excluding carboxylic acids is 1. The van der Waals surface area contributed by atoms with Crippen LogP contribution in [0, 0.1) is 10.1 Å². The lowest BCUT2D eigenvalue weighted by atomic mass is 9.93. The minimum atomic E-state index is -1.26. The Labute approximate surface area is 123 Å². The normalized spacial score (nSPS) is 20.4. The summed E-state index contributed by atoms with van der Waals surface area (Å²) in [7, 11) is 0. The van der Waals surface area contributed by atoms with Gasteiger partial charge in [-0.15, -0.1) is 0 Å². The second-order valence-electron chi connectivity index (χ2n) is 5.05. The smallest absolute Gasteiger partial charge is 0.269 e. The molecule has 2 aromatic rings. The maximum absolute atomic E-state index is 12.1. The fourth-order valence-corrected chi connectivity index (χ4v) is 2.68. The molecule has 1 aromatic heterocycles. The highest BCUT2D eigenvalue weighted by atomic mass is 16.6. The molecule has 0 saturated heterocycles. The first-order chi connectivity index (χ1) is 10.5. The van der Waals surface area contributed by atoms with E-state index in [0.717, 1.165) is 12.1 Å². The van der Waals surface area contributed by atoms with E-state index < -0.39 is 28.7 Å². The van der Waals surface area contributed by atoms with Crippen LogP contribution in [-0.4, -0.2) is 26.9 Å². The number of non-ortho nitro benzene ring substituents is 1. The molecule has 0 aliphatic carbocycles. The van der Waals surface area contributed by atoms with Crippen molar-refractivity contribution in [2.75, 3.05) is 0 Å². The number of aliphatic carboxylic acids is 1. The van der Waals surface area contributed by atoms with Crippen molar-refractivity contribution in [2.45, 2.75) is 18.5 Å². The third kappa shape index (κ3) is 2.27. The van der Waals surface area contributed by atoms with Crippen molar-refractivity contribution >= 4 is 11.7 Å². The number of nitrogens with two attached hydrogens (primary N) is 1. The summed E-state index contributed by atoms with van der Waals surface area (Å²) in [6, 6.07) is 1.79. The molecule has 2 heterocycles. The topological polar surface area (TPSA) is 152 Å². The molecule has 0 bridgehead atoms. The molecule has 3 N–H and O–H groups in total. The van der Waals surface area contributed by atoms with Gasteiger partial charge in [-0.25, -0.2) is 4.98 Å². The maximum atomic E-state index is 12.1. The van der Waals surface area contributed by atoms with Crippen LogP contribution in [0.4, 0.5) is 5.69 Å². The molecule has 0 amide bonds. The van der Waals surface area contributed by atoms with E-state index in [-0.39, 0.29) is 17.7 Å². The van der Waals surface area contributed by atoms with Crippen molar-refractivity contribution < 1.29 is 25.2 Å². The Bertz CT molecular complexity index is 757. The number of nitrogens with zero attached hydrogens (tertiary/aromatic N) is 2. The third-order valence-electron chi connectivity index (χ3n) is 3.74. The van der Waals surface area contributed by atoms with Crippen LogP contribution in [0.15, 0.2) is 24.5 Å². The average Bonchev–Trinajstić information content (AvgIpc) is 2.94. The lowest BCUT2D eigenvalue weighted by molar-refractivity contribution is -0.717. The molecule has 2 atom stereocenters. The number of nitro groups is 1. The SMILES string of the molecule is O=C([O-])[C@H]1Cc2[nH]cnc2[C@H](c2cc([N+](=O)[O-])ccc2[O-])[NH2+]1. The Morgan fingerprint density at radius 2 is 2.23 bits per heavy atom. The number of carboxylic acids is 1. The molecule has 114 valence electrons. The number of benzene rings is 1. The number of fused-ring (bicyclic) bond motifs is 1. The van der Waals surface area contributed by atoms with Crippen LogP contribution in [0.25, 0.3) is 0 Å². The first kappa shape index (κ1) is 14.0. The highest BCUT2D eigenvalue weighted by molar-refractivity contribution is 5.70. The van der Waals surface area contributed by atoms with Crippen LogP contribution in [0.3, 0.4) is 0 Å². The Hall–Kier alpha value is -2.94. The van der Waals surface area contributed by atoms with Crippen molar-refractivity contribution in [3.63, 3.8) is 0 Å². The van der Waals surface area contributed by atoms with E-state index >= 15 is 0 Å². The standard InChI is InChI=1S/C13H12N4O5/c18-10-2-1-6(17(21)22)3-7(10)11-12-8(14-5-15-12)4-9(16-11)13(19)20/h1-3,5,9,11,16,18H,4H2,(H,14,15)(H,19,20)/p-1/t9-,11+/m1/s1. The highest BCUT2D eigenvalue weighted by Gasteiger charge is 2.35. The molecule has 9 nitrogen and oxygen atoms in total. The predicted octanol–water partition coefficient (Wildman–Crippen LogP) is -2.28. The number of nitro benzene ring substituents is 1. The fourth-order valence-electron chi connectivity index (χ4n) is 2.68. The fraction of sp³-hybridized carbons (Fsp3) is 0.231. The van der Waals surface area contributed by atoms with Crippen molar-refractivity contribution in [1.82, 2.24) is 9.97 Å². The van der Waals surface area contributed by atoms with Crippen molar-refractivity contribution in [2.24, 2.45) is 0 Å². The molecule has 1 aliphatic rings. The minimum absolute atomic E-state index is 0.133. The van der Waals surface area contributed by atoms with E-state index in [9.17, 15) is 25.1 Å². The molecule has 0 unspecified atom stereocenters. The molecule has 1 aromatic carbocycles. The van der Waals surface area contributed by atoms with Gasteiger partial charge in [0, 0.05) is 24.1 Å². The van der Waals surface area contributed by atoms with E-state index in [1.165, 1.54) is 17.7 Å². The molecule has 0 spiro atoms. The number of hydrogen-bond acceptors (Lipinski definition) is 6. The van der Waals surface area contributed by atoms with Crippen LogP contribution in [0.1, 0.15) is 23.0 Å². The van der Waals surface area contributed by atoms with Gasteiger partial charge in [0.05, 0.1) is 22.9 Å². The number of aromatic nitrogens is 2. The molecule has 0 fully saturated rings. The molecule has 1 aliphatic heterocycles. The second kappa shape index (κ2) is 5.11. The van der Waals surface area contributed by atoms with Crippen LogP contribution in [0.2, 0.25) is 0 Å². The van der Waals surface area contributed by atoms with E-state index in [0.29, 0.717) is 11.4 Å². The number of aromatic amines is 1. The Morgan fingerprint density at radius 1 is 1.45 bits per heavy atom. The summed E-state index contributed by atoms with van der Waals surface area (Å²) in [6.45, 7) is 0. The lowest BCUT2D eigenvalue weighted by Gasteiger charge is -2.29. The van der Waals surface area contributed by atoms with Gasteiger partial charge in [0.2, 0.25) is 0 Å². The van der Waals surface area contributed by atoms with E-state index in [2.05, 4.69) is 9.97 Å². The van der Waals surface area contributed by atoms with E-state index in [1.54, 1.807) is 0 Å². The van der Waals surface area contributed by atoms with Crippen molar-refractivity contribution in [3.8, 4) is 5.75 Å². The average molecular weight is 303 g/mol. The number of carboxylic acid groups (broad SMARTS) is 1. The van der Waals surface area contributed by atoms with Gasteiger partial charge in [-0.3, -0.25) is 10.1 Å². The number of imidazole rings is 1. The quantitative estimate of drug-likeness (QED) is 0.481. The summed E-state index contributed by atoms with van der Waals surface area (Å²) >= 11 is 0. The first-order valence-electron chi connectivity index (χ1n) is 6.50. The van der Waals surface area contributed by atoms with Crippen molar-refractivity contribution in [1.29, 1.82) is 0 Å². The zero-order valence-corrected chi connectivity index (χ0v) is 11.2. The number of hydrogen-bond donors (Lipinski definition) is 2. The molecule has 0 radical (unpaired) electrons. The lowest BCUT2D eigenvalue weighted by Crippen LogP contribution is -2.95. The Balaban J connectivity index is 2.09. The zero-order valence-electron chi connectivity index (χ0n) is 11.2. The van der Waals surface area contributed by atoms with Gasteiger partial charge in [0.15, 0.2) is 6.04 Å². The predicted molar refractivity (Wildman–Crippen MR) is 67.4 cm³/mol. The van der Waals surface area contributed by atoms with Crippen LogP contribution in [-0.2, 0) is 11.2 Å². The molecular formula is C13H11N4O5-. The second-order valence-corrected chi connectivity index (χ2v) is 5.05. The summed E-state index contributed by atoms with van der Waals surface area (Å²) in [6.07, 6.45) is 1.60. The summed E-state index contributed by atoms with van der Waals surface area (Å²) in [5.74, 6) is -1.66. The van der Waals surface area contributed by atoms with E-state index in [4.69, 9.17) is 0 Å². The van der Waals surface area contributed by atoms with Gasteiger partial charge in [0.1, 0.15) is 11.7 Å². The van der Waals surface area contributed by atoms with Gasteiger partial charge in [0.25, 0.3) is 5.69 Å². The van der Waals surface area contributed by atoms with Gasteiger partial charge in [-0.2, -0.15) is 0 Å². The van der Waals surface area contributed by atoms with Crippen molar-refractivity contribution in [3.05, 3.63) is 51.6 Å². The monoisotopic (exact) mass is 303 g/mol. The molecular weight excluding hydrogens is 292 g/mol. The van der Waals surface area contributed by atoms with Crippen LogP contribution < -0.4 is 15.5 Å². The number of carbonyl (C=O) groups is 1. The maximum Gasteiger partial charge on any atom is 0.269 e. The van der Waals surface area contributed by atoms with E-state index in [1.807, 2.05) is 0 Å². The summed E-state index contributed by atoms with van der Waals surface area (Å²) in [5.41, 5.74) is 1.01. The van der Waals surface area contributed by atoms with Gasteiger partial charge in [-0.1, -0.05) is 11.8 Å². The highest BCUT2D eigenvalue weighted by Crippen LogP contribution is 2.30. The largest absolute Gasteiger partial charge is 0.872 e. The van der Waals surface area contributed by atoms with Gasteiger partial charge in [-0.05, 0) is 0 Å². The number of quaternary nitrogens is 1. The first-order valence-corrected chi connectivity index (χ1v) is 6.50. The molecule has 9 heteroatoms. The summed E-state index contributed by atoms with van der Waals surface area (Å²) in [4.78, 5) is 28.4. The summed E-state index contributed by atoms with van der Waals surface area (Å²) in [5, 5.41) is 35.5. The molecule has 0 saturated carbocycles. The molecule has 3 rings (SSSR count). The van der Waals surface area contributed by atoms with Gasteiger partial charge >= 0.3 is 0 Å². The zero-order chi connectivity index (χ0) is 15.9.